The summed E-state index contributed by atoms with van der Waals surface area (Å²) < 4.78 is 13.2. The van der Waals surface area contributed by atoms with Crippen LogP contribution >= 0.6 is 27.3 Å². The van der Waals surface area contributed by atoms with Crippen LogP contribution in [0.25, 0.3) is 6.08 Å². The lowest BCUT2D eigenvalue weighted by atomic mass is 9.96. The van der Waals surface area contributed by atoms with Gasteiger partial charge in [0.05, 0.1) is 40.5 Å². The minimum atomic E-state index is -0.602. The second kappa shape index (κ2) is 8.64. The number of esters is 1. The van der Waals surface area contributed by atoms with E-state index in [9.17, 15) is 9.59 Å². The summed E-state index contributed by atoms with van der Waals surface area (Å²) in [5.41, 5.74) is 2.36. The lowest BCUT2D eigenvalue weighted by Gasteiger charge is -2.24. The van der Waals surface area contributed by atoms with Crippen molar-refractivity contribution in [2.45, 2.75) is 13.0 Å². The van der Waals surface area contributed by atoms with E-state index in [1.54, 1.807) is 18.6 Å². The standard InChI is InChI=1S/C23H19BrN2O4S/c1-13-19(22(28)30-3)20(15-7-5-4-6-8-15)26-21(27)18(31-23(26)25-13)12-14-9-10-17(29-2)16(24)11-14/h4-12,20H,1-3H3. The fraction of sp³-hybridized carbons (Fsp3) is 0.174. The van der Waals surface area contributed by atoms with Gasteiger partial charge in [0.15, 0.2) is 4.80 Å². The Hall–Kier alpha value is -2.97. The van der Waals surface area contributed by atoms with Gasteiger partial charge < -0.3 is 9.47 Å². The van der Waals surface area contributed by atoms with Gasteiger partial charge in [0.1, 0.15) is 5.75 Å². The van der Waals surface area contributed by atoms with Gasteiger partial charge in [0.2, 0.25) is 0 Å². The van der Waals surface area contributed by atoms with Crippen LogP contribution in [-0.2, 0) is 9.53 Å². The highest BCUT2D eigenvalue weighted by Crippen LogP contribution is 2.30. The van der Waals surface area contributed by atoms with E-state index >= 15 is 0 Å². The normalized spacial score (nSPS) is 16.0. The molecule has 158 valence electrons. The van der Waals surface area contributed by atoms with Gasteiger partial charge in [0, 0.05) is 0 Å². The number of carbonyl (C=O) groups is 1. The lowest BCUT2D eigenvalue weighted by molar-refractivity contribution is -0.136. The van der Waals surface area contributed by atoms with Gasteiger partial charge in [-0.05, 0) is 52.2 Å². The molecule has 0 radical (unpaired) electrons. The number of nitrogens with zero attached hydrogens (tertiary/aromatic N) is 2. The van der Waals surface area contributed by atoms with E-state index in [4.69, 9.17) is 9.47 Å². The Morgan fingerprint density at radius 1 is 1.19 bits per heavy atom. The maximum atomic E-state index is 13.4. The molecule has 0 saturated heterocycles. The molecule has 1 atom stereocenters. The van der Waals surface area contributed by atoms with Crippen molar-refractivity contribution >= 4 is 39.3 Å². The molecule has 0 spiro atoms. The Morgan fingerprint density at radius 3 is 2.58 bits per heavy atom. The number of benzene rings is 2. The van der Waals surface area contributed by atoms with Crippen molar-refractivity contribution in [2.75, 3.05) is 14.2 Å². The molecule has 0 fully saturated rings. The van der Waals surface area contributed by atoms with E-state index in [2.05, 4.69) is 20.9 Å². The van der Waals surface area contributed by atoms with E-state index in [0.29, 0.717) is 26.4 Å². The quantitative estimate of drug-likeness (QED) is 0.518. The van der Waals surface area contributed by atoms with E-state index in [-0.39, 0.29) is 5.56 Å². The van der Waals surface area contributed by atoms with Crippen LogP contribution in [0.5, 0.6) is 5.75 Å². The minimum absolute atomic E-state index is 0.210. The molecule has 0 saturated carbocycles. The maximum absolute atomic E-state index is 13.4. The zero-order chi connectivity index (χ0) is 22.1. The average Bonchev–Trinajstić information content (AvgIpc) is 3.07. The number of methoxy groups -OCH3 is 2. The number of fused-ring (bicyclic) bond motifs is 1. The lowest BCUT2D eigenvalue weighted by Crippen LogP contribution is -2.39. The molecular weight excluding hydrogens is 480 g/mol. The minimum Gasteiger partial charge on any atom is -0.496 e. The number of hydrogen-bond donors (Lipinski definition) is 0. The average molecular weight is 499 g/mol. The third kappa shape index (κ3) is 3.88. The van der Waals surface area contributed by atoms with Crippen LogP contribution in [-0.4, -0.2) is 24.8 Å². The molecule has 2 aromatic carbocycles. The van der Waals surface area contributed by atoms with Crippen LogP contribution in [0, 0.1) is 0 Å². The first-order valence-electron chi connectivity index (χ1n) is 9.44. The van der Waals surface area contributed by atoms with Crippen molar-refractivity contribution in [1.29, 1.82) is 0 Å². The predicted molar refractivity (Wildman–Crippen MR) is 123 cm³/mol. The van der Waals surface area contributed by atoms with Gasteiger partial charge in [-0.3, -0.25) is 9.36 Å². The number of halogens is 1. The van der Waals surface area contributed by atoms with Gasteiger partial charge in [-0.25, -0.2) is 9.79 Å². The van der Waals surface area contributed by atoms with E-state index in [0.717, 1.165) is 15.6 Å². The van der Waals surface area contributed by atoms with Gasteiger partial charge in [-0.1, -0.05) is 47.7 Å². The maximum Gasteiger partial charge on any atom is 0.338 e. The summed E-state index contributed by atoms with van der Waals surface area (Å²) in [6.45, 7) is 1.76. The van der Waals surface area contributed by atoms with Crippen molar-refractivity contribution in [3.63, 3.8) is 0 Å². The Labute approximate surface area is 190 Å². The zero-order valence-corrected chi connectivity index (χ0v) is 19.5. The van der Waals surface area contributed by atoms with Gasteiger partial charge in [-0.2, -0.15) is 0 Å². The summed E-state index contributed by atoms with van der Waals surface area (Å²) >= 11 is 4.77. The largest absolute Gasteiger partial charge is 0.496 e. The van der Waals surface area contributed by atoms with Crippen molar-refractivity contribution in [3.05, 3.63) is 95.1 Å². The monoisotopic (exact) mass is 498 g/mol. The molecule has 3 aromatic rings. The van der Waals surface area contributed by atoms with E-state index < -0.39 is 12.0 Å². The fourth-order valence-corrected chi connectivity index (χ4v) is 5.17. The highest BCUT2D eigenvalue weighted by Gasteiger charge is 2.32. The molecule has 1 aromatic heterocycles. The Balaban J connectivity index is 1.94. The van der Waals surface area contributed by atoms with E-state index in [1.165, 1.54) is 18.4 Å². The SMILES string of the molecule is COC(=O)C1=C(C)N=c2sc(=Cc3ccc(OC)c(Br)c3)c(=O)n2C1c1ccccc1. The molecule has 4 rings (SSSR count). The molecule has 2 heterocycles. The first kappa shape index (κ1) is 21.3. The number of hydrogen-bond acceptors (Lipinski definition) is 6. The van der Waals surface area contributed by atoms with Crippen LogP contribution in [0.1, 0.15) is 24.1 Å². The van der Waals surface area contributed by atoms with Gasteiger partial charge in [0.25, 0.3) is 5.56 Å². The molecule has 0 N–H and O–H groups in total. The molecule has 1 aliphatic rings. The Morgan fingerprint density at radius 2 is 1.94 bits per heavy atom. The molecular formula is C23H19BrN2O4S. The molecule has 1 aliphatic heterocycles. The summed E-state index contributed by atoms with van der Waals surface area (Å²) in [6.07, 6.45) is 1.81. The zero-order valence-electron chi connectivity index (χ0n) is 17.1. The smallest absolute Gasteiger partial charge is 0.338 e. The van der Waals surface area contributed by atoms with Gasteiger partial charge >= 0.3 is 5.97 Å². The molecule has 8 heteroatoms. The Kier molecular flexibility index (Phi) is 5.93. The van der Waals surface area contributed by atoms with Crippen LogP contribution in [0.3, 0.4) is 0 Å². The van der Waals surface area contributed by atoms with Crippen molar-refractivity contribution in [1.82, 2.24) is 4.57 Å². The highest BCUT2D eigenvalue weighted by molar-refractivity contribution is 9.10. The molecule has 6 nitrogen and oxygen atoms in total. The first-order valence-corrected chi connectivity index (χ1v) is 11.0. The number of carbonyl (C=O) groups excluding carboxylic acids is 1. The summed E-state index contributed by atoms with van der Waals surface area (Å²) in [5.74, 6) is 0.212. The van der Waals surface area contributed by atoms with Crippen molar-refractivity contribution in [3.8, 4) is 5.75 Å². The number of thiazole rings is 1. The number of aromatic nitrogens is 1. The van der Waals surface area contributed by atoms with Crippen molar-refractivity contribution in [2.24, 2.45) is 4.99 Å². The molecule has 0 aliphatic carbocycles. The second-order valence-electron chi connectivity index (χ2n) is 6.88. The second-order valence-corrected chi connectivity index (χ2v) is 8.74. The first-order chi connectivity index (χ1) is 14.9. The Bertz CT molecular complexity index is 1370. The van der Waals surface area contributed by atoms with Crippen LogP contribution in [0.2, 0.25) is 0 Å². The topological polar surface area (TPSA) is 69.9 Å². The van der Waals surface area contributed by atoms with E-state index in [1.807, 2.05) is 54.6 Å². The highest BCUT2D eigenvalue weighted by atomic mass is 79.9. The molecule has 0 bridgehead atoms. The number of ether oxygens (including phenoxy) is 2. The number of allylic oxidation sites excluding steroid dienone is 1. The third-order valence-corrected chi connectivity index (χ3v) is 6.62. The summed E-state index contributed by atoms with van der Waals surface area (Å²) in [6, 6.07) is 14.4. The van der Waals surface area contributed by atoms with Gasteiger partial charge in [-0.15, -0.1) is 0 Å². The van der Waals surface area contributed by atoms with Crippen LogP contribution in [0.15, 0.2) is 74.1 Å². The summed E-state index contributed by atoms with van der Waals surface area (Å²) in [4.78, 5) is 31.1. The van der Waals surface area contributed by atoms with Crippen molar-refractivity contribution < 1.29 is 14.3 Å². The predicted octanol–water partition coefficient (Wildman–Crippen LogP) is 3.18. The summed E-state index contributed by atoms with van der Waals surface area (Å²) in [5, 5.41) is 0. The fourth-order valence-electron chi connectivity index (χ4n) is 3.57. The van der Waals surface area contributed by atoms with Crippen LogP contribution in [0.4, 0.5) is 0 Å². The number of rotatable bonds is 4. The third-order valence-electron chi connectivity index (χ3n) is 5.02. The molecule has 31 heavy (non-hydrogen) atoms. The van der Waals surface area contributed by atoms with Crippen LogP contribution < -0.4 is 19.6 Å². The molecule has 1 unspecified atom stereocenters. The molecule has 0 amide bonds. The summed E-state index contributed by atoms with van der Waals surface area (Å²) in [7, 11) is 2.93.